The molecule has 1 unspecified atom stereocenters. The molecule has 32 heavy (non-hydrogen) atoms. The number of pyridine rings is 2. The fourth-order valence-corrected chi connectivity index (χ4v) is 3.68. The minimum Gasteiger partial charge on any atom is -0.365 e. The highest BCUT2D eigenvalue weighted by Crippen LogP contribution is 2.24. The molecule has 10 heteroatoms. The minimum atomic E-state index is -0.309. The summed E-state index contributed by atoms with van der Waals surface area (Å²) in [7, 11) is 0. The molecule has 162 valence electrons. The van der Waals surface area contributed by atoms with Crippen LogP contribution in [0.25, 0.3) is 5.65 Å². The summed E-state index contributed by atoms with van der Waals surface area (Å²) < 4.78 is 1.56. The molecule has 1 atom stereocenters. The summed E-state index contributed by atoms with van der Waals surface area (Å²) in [4.78, 5) is 25.7. The van der Waals surface area contributed by atoms with Crippen molar-refractivity contribution in [2.75, 3.05) is 29.0 Å². The molecular formula is C22H23N9O. The van der Waals surface area contributed by atoms with Gasteiger partial charge < -0.3 is 21.3 Å². The zero-order valence-electron chi connectivity index (χ0n) is 17.3. The van der Waals surface area contributed by atoms with Gasteiger partial charge in [-0.3, -0.25) is 9.78 Å². The average Bonchev–Trinajstić information content (AvgIpc) is 3.26. The van der Waals surface area contributed by atoms with Gasteiger partial charge in [0.25, 0.3) is 5.91 Å². The molecular weight excluding hydrogens is 406 g/mol. The predicted octanol–water partition coefficient (Wildman–Crippen LogP) is 2.68. The number of fused-ring (bicyclic) bond motifs is 1. The largest absolute Gasteiger partial charge is 0.365 e. The number of aromatic nitrogens is 5. The number of hydrogen-bond acceptors (Lipinski definition) is 8. The van der Waals surface area contributed by atoms with Crippen molar-refractivity contribution >= 4 is 34.6 Å². The van der Waals surface area contributed by atoms with E-state index in [4.69, 9.17) is 0 Å². The van der Waals surface area contributed by atoms with E-state index in [1.165, 1.54) is 6.20 Å². The van der Waals surface area contributed by atoms with E-state index in [0.29, 0.717) is 34.4 Å². The number of hydrogen-bond donors (Lipinski definition) is 4. The van der Waals surface area contributed by atoms with Crippen molar-refractivity contribution < 1.29 is 4.79 Å². The maximum atomic E-state index is 13.0. The lowest BCUT2D eigenvalue weighted by Crippen LogP contribution is -2.38. The molecule has 4 aromatic rings. The maximum Gasteiger partial charge on any atom is 0.276 e. The van der Waals surface area contributed by atoms with Gasteiger partial charge in [0.2, 0.25) is 0 Å². The van der Waals surface area contributed by atoms with E-state index >= 15 is 0 Å². The monoisotopic (exact) mass is 429 g/mol. The zero-order valence-corrected chi connectivity index (χ0v) is 17.3. The Morgan fingerprint density at radius 3 is 2.78 bits per heavy atom. The Morgan fingerprint density at radius 2 is 2.00 bits per heavy atom. The van der Waals surface area contributed by atoms with E-state index in [-0.39, 0.29) is 11.9 Å². The SMILES string of the molecule is O=C(Nc1ccncc1)c1cnc2c(Nc3ccccn3)cc(NC3CCCNC3)nn12. The fraction of sp³-hybridized carbons (Fsp3) is 0.227. The molecule has 0 spiro atoms. The molecule has 0 saturated carbocycles. The quantitative estimate of drug-likeness (QED) is 0.369. The number of nitrogens with zero attached hydrogens (tertiary/aromatic N) is 5. The van der Waals surface area contributed by atoms with Crippen molar-refractivity contribution in [3.8, 4) is 0 Å². The average molecular weight is 429 g/mol. The van der Waals surface area contributed by atoms with Gasteiger partial charge in [-0.15, -0.1) is 5.10 Å². The zero-order chi connectivity index (χ0) is 21.8. The molecule has 5 rings (SSSR count). The number of imidazole rings is 1. The van der Waals surface area contributed by atoms with Crippen LogP contribution in [0.5, 0.6) is 0 Å². The Bertz CT molecular complexity index is 1200. The van der Waals surface area contributed by atoms with Crippen molar-refractivity contribution in [2.24, 2.45) is 0 Å². The lowest BCUT2D eigenvalue weighted by Gasteiger charge is -2.24. The molecule has 1 amide bonds. The first-order valence-corrected chi connectivity index (χ1v) is 10.5. The van der Waals surface area contributed by atoms with Gasteiger partial charge in [-0.1, -0.05) is 6.07 Å². The van der Waals surface area contributed by atoms with Crippen LogP contribution in [0, 0.1) is 0 Å². The molecule has 1 fully saturated rings. The van der Waals surface area contributed by atoms with E-state index in [1.54, 1.807) is 35.2 Å². The molecule has 1 saturated heterocycles. The third-order valence-corrected chi connectivity index (χ3v) is 5.21. The van der Waals surface area contributed by atoms with Crippen LogP contribution >= 0.6 is 0 Å². The second-order valence-electron chi connectivity index (χ2n) is 7.54. The van der Waals surface area contributed by atoms with Crippen molar-refractivity contribution in [1.82, 2.24) is 29.9 Å². The van der Waals surface area contributed by atoms with E-state index in [9.17, 15) is 4.79 Å². The summed E-state index contributed by atoms with van der Waals surface area (Å²) >= 11 is 0. The summed E-state index contributed by atoms with van der Waals surface area (Å²) in [5, 5.41) is 17.7. The van der Waals surface area contributed by atoms with E-state index in [0.717, 1.165) is 25.9 Å². The number of rotatable bonds is 6. The lowest BCUT2D eigenvalue weighted by atomic mass is 10.1. The predicted molar refractivity (Wildman–Crippen MR) is 122 cm³/mol. The first kappa shape index (κ1) is 19.9. The van der Waals surface area contributed by atoms with Gasteiger partial charge in [0.15, 0.2) is 11.3 Å². The van der Waals surface area contributed by atoms with Crippen LogP contribution in [0.15, 0.2) is 61.2 Å². The Morgan fingerprint density at radius 1 is 1.09 bits per heavy atom. The minimum absolute atomic E-state index is 0.258. The highest BCUT2D eigenvalue weighted by molar-refractivity contribution is 6.03. The second kappa shape index (κ2) is 8.98. The number of anilines is 4. The summed E-state index contributed by atoms with van der Waals surface area (Å²) in [6.07, 6.45) is 8.63. The number of nitrogens with one attached hydrogen (secondary N) is 4. The van der Waals surface area contributed by atoms with Gasteiger partial charge in [-0.05, 0) is 43.7 Å². The standard InChI is InChI=1S/C22H23N9O/c32-22(28-15-6-10-23-11-7-15)18-14-26-21-17(29-19-5-1-2-9-25-19)12-20(30-31(18)21)27-16-4-3-8-24-13-16/h1-2,5-7,9-12,14,16,24H,3-4,8,13H2,(H,25,29)(H,27,30)(H,23,28,32). The topological polar surface area (TPSA) is 121 Å². The van der Waals surface area contributed by atoms with Crippen molar-refractivity contribution in [2.45, 2.75) is 18.9 Å². The summed E-state index contributed by atoms with van der Waals surface area (Å²) in [6.45, 7) is 1.89. The van der Waals surface area contributed by atoms with Crippen molar-refractivity contribution in [3.63, 3.8) is 0 Å². The third kappa shape index (κ3) is 4.35. The summed E-state index contributed by atoms with van der Waals surface area (Å²) in [6, 6.07) is 11.2. The van der Waals surface area contributed by atoms with Gasteiger partial charge in [-0.2, -0.15) is 0 Å². The first-order chi connectivity index (χ1) is 15.8. The molecule has 1 aliphatic rings. The van der Waals surface area contributed by atoms with Gasteiger partial charge in [-0.25, -0.2) is 14.5 Å². The Hall–Kier alpha value is -4.05. The van der Waals surface area contributed by atoms with Crippen LogP contribution in [0.2, 0.25) is 0 Å². The van der Waals surface area contributed by atoms with Crippen molar-refractivity contribution in [1.29, 1.82) is 0 Å². The highest BCUT2D eigenvalue weighted by atomic mass is 16.2. The number of carbonyl (C=O) groups is 1. The number of amides is 1. The highest BCUT2D eigenvalue weighted by Gasteiger charge is 2.19. The Balaban J connectivity index is 1.51. The molecule has 0 aromatic carbocycles. The lowest BCUT2D eigenvalue weighted by molar-refractivity contribution is 0.102. The number of carbonyl (C=O) groups excluding carboxylic acids is 1. The van der Waals surface area contributed by atoms with E-state index in [1.807, 2.05) is 24.3 Å². The maximum absolute atomic E-state index is 13.0. The Labute approximate surface area is 184 Å². The molecule has 1 aliphatic heterocycles. The van der Waals surface area contributed by atoms with Crippen LogP contribution in [0.1, 0.15) is 23.3 Å². The molecule has 0 radical (unpaired) electrons. The van der Waals surface area contributed by atoms with Gasteiger partial charge in [0.05, 0.1) is 11.9 Å². The second-order valence-corrected chi connectivity index (χ2v) is 7.54. The first-order valence-electron chi connectivity index (χ1n) is 10.5. The van der Waals surface area contributed by atoms with E-state index < -0.39 is 0 Å². The van der Waals surface area contributed by atoms with Crippen LogP contribution in [0.3, 0.4) is 0 Å². The molecule has 0 bridgehead atoms. The van der Waals surface area contributed by atoms with Crippen molar-refractivity contribution in [3.05, 3.63) is 66.9 Å². The number of piperidine rings is 1. The Kier molecular flexibility index (Phi) is 5.58. The van der Waals surface area contributed by atoms with Crippen LogP contribution in [-0.4, -0.2) is 49.6 Å². The van der Waals surface area contributed by atoms with E-state index in [2.05, 4.69) is 41.3 Å². The normalized spacial score (nSPS) is 15.9. The van der Waals surface area contributed by atoms with Gasteiger partial charge in [0, 0.05) is 42.9 Å². The van der Waals surface area contributed by atoms with Crippen LogP contribution in [0.4, 0.5) is 23.0 Å². The van der Waals surface area contributed by atoms with Gasteiger partial charge in [0.1, 0.15) is 11.6 Å². The summed E-state index contributed by atoms with van der Waals surface area (Å²) in [5.74, 6) is 1.02. The molecule has 0 aliphatic carbocycles. The smallest absolute Gasteiger partial charge is 0.276 e. The molecule has 10 nitrogen and oxygen atoms in total. The molecule has 4 aromatic heterocycles. The van der Waals surface area contributed by atoms with Crippen LogP contribution < -0.4 is 21.3 Å². The summed E-state index contributed by atoms with van der Waals surface area (Å²) in [5.41, 5.74) is 2.21. The van der Waals surface area contributed by atoms with Crippen LogP contribution in [-0.2, 0) is 0 Å². The fourth-order valence-electron chi connectivity index (χ4n) is 3.68. The van der Waals surface area contributed by atoms with Gasteiger partial charge >= 0.3 is 0 Å². The molecule has 4 N–H and O–H groups in total. The third-order valence-electron chi connectivity index (χ3n) is 5.21. The molecule has 5 heterocycles.